The monoisotopic (exact) mass is 356 g/mol. The van der Waals surface area contributed by atoms with Gasteiger partial charge in [0.2, 0.25) is 0 Å². The van der Waals surface area contributed by atoms with Crippen LogP contribution in [0.5, 0.6) is 5.75 Å². The fourth-order valence-electron chi connectivity index (χ4n) is 1.87. The van der Waals surface area contributed by atoms with Gasteiger partial charge in [-0.3, -0.25) is 4.79 Å². The number of carbonyl (C=O) groups excluding carboxylic acids is 1. The Morgan fingerprint density at radius 3 is 2.80 bits per heavy atom. The Balaban J connectivity index is 2.32. The first-order chi connectivity index (χ1) is 9.52. The maximum Gasteiger partial charge on any atom is 0.168 e. The third-order valence-electron chi connectivity index (χ3n) is 2.85. The molecule has 104 valence electrons. The number of carbonyl (C=O) groups is 1. The lowest BCUT2D eigenvalue weighted by Crippen LogP contribution is -2.06. The smallest absolute Gasteiger partial charge is 0.168 e. The Morgan fingerprint density at radius 2 is 2.10 bits per heavy atom. The molecule has 0 saturated heterocycles. The number of hydrogen-bond donors (Lipinski definition) is 0. The molecule has 5 heteroatoms. The van der Waals surface area contributed by atoms with Crippen LogP contribution in [0.15, 0.2) is 40.9 Å². The normalized spacial score (nSPS) is 10.4. The number of ketones is 1. The van der Waals surface area contributed by atoms with Gasteiger partial charge in [-0.05, 0) is 30.3 Å². The predicted molar refractivity (Wildman–Crippen MR) is 80.1 cm³/mol. The number of ether oxygens (including phenoxy) is 1. The van der Waals surface area contributed by atoms with Crippen molar-refractivity contribution in [3.63, 3.8) is 0 Å². The summed E-state index contributed by atoms with van der Waals surface area (Å²) >= 11 is 9.17. The van der Waals surface area contributed by atoms with Gasteiger partial charge in [0, 0.05) is 22.0 Å². The Morgan fingerprint density at radius 1 is 1.35 bits per heavy atom. The molecule has 0 aliphatic carbocycles. The molecule has 0 fully saturated rings. The quantitative estimate of drug-likeness (QED) is 0.743. The molecule has 0 unspecified atom stereocenters. The summed E-state index contributed by atoms with van der Waals surface area (Å²) in [5.41, 5.74) is 0.890. The lowest BCUT2D eigenvalue weighted by atomic mass is 10.0. The molecule has 0 aromatic heterocycles. The second-order valence-electron chi connectivity index (χ2n) is 4.16. The Bertz CT molecular complexity index is 658. The van der Waals surface area contributed by atoms with Gasteiger partial charge in [0.1, 0.15) is 11.6 Å². The molecule has 0 atom stereocenters. The minimum absolute atomic E-state index is 0.0891. The van der Waals surface area contributed by atoms with Gasteiger partial charge < -0.3 is 4.74 Å². The van der Waals surface area contributed by atoms with E-state index in [4.69, 9.17) is 16.3 Å². The number of rotatable bonds is 4. The van der Waals surface area contributed by atoms with Crippen molar-refractivity contribution in [2.75, 3.05) is 7.11 Å². The van der Waals surface area contributed by atoms with Crippen LogP contribution in [0.1, 0.15) is 15.9 Å². The maximum atomic E-state index is 13.4. The summed E-state index contributed by atoms with van der Waals surface area (Å²) in [6.45, 7) is 0. The lowest BCUT2D eigenvalue weighted by Gasteiger charge is -2.09. The second-order valence-corrected chi connectivity index (χ2v) is 5.45. The molecule has 2 nitrogen and oxygen atoms in total. The third kappa shape index (κ3) is 3.19. The van der Waals surface area contributed by atoms with Crippen LogP contribution < -0.4 is 4.74 Å². The first-order valence-electron chi connectivity index (χ1n) is 5.82. The minimum atomic E-state index is -0.598. The number of hydrogen-bond acceptors (Lipinski definition) is 2. The summed E-state index contributed by atoms with van der Waals surface area (Å²) < 4.78 is 19.4. The van der Waals surface area contributed by atoms with E-state index < -0.39 is 5.82 Å². The van der Waals surface area contributed by atoms with Crippen molar-refractivity contribution in [3.8, 4) is 5.75 Å². The average molecular weight is 358 g/mol. The zero-order chi connectivity index (χ0) is 14.7. The van der Waals surface area contributed by atoms with Crippen LogP contribution in [0.4, 0.5) is 4.39 Å². The van der Waals surface area contributed by atoms with E-state index in [-0.39, 0.29) is 22.8 Å². The molecule has 0 radical (unpaired) electrons. The molecular formula is C15H11BrClFO2. The molecule has 0 heterocycles. The number of Topliss-reactive ketones (excluding diaryl/α,β-unsaturated/α-hetero) is 1. The van der Waals surface area contributed by atoms with Crippen molar-refractivity contribution in [3.05, 3.63) is 62.8 Å². The molecule has 0 spiro atoms. The van der Waals surface area contributed by atoms with Crippen molar-refractivity contribution in [1.29, 1.82) is 0 Å². The SMILES string of the molecule is COc1ccc(Br)cc1CC(=O)c1cccc(F)c1Cl. The molecule has 0 saturated carbocycles. The molecule has 0 bridgehead atoms. The van der Waals surface area contributed by atoms with E-state index in [1.807, 2.05) is 6.07 Å². The molecule has 0 amide bonds. The van der Waals surface area contributed by atoms with Gasteiger partial charge in [-0.1, -0.05) is 33.6 Å². The molecule has 2 aromatic rings. The van der Waals surface area contributed by atoms with Crippen LogP contribution in [0, 0.1) is 5.82 Å². The molecule has 0 aliphatic heterocycles. The van der Waals surface area contributed by atoms with Crippen LogP contribution in [0.3, 0.4) is 0 Å². The van der Waals surface area contributed by atoms with E-state index in [0.717, 1.165) is 4.47 Å². The zero-order valence-corrected chi connectivity index (χ0v) is 13.0. The highest BCUT2D eigenvalue weighted by Gasteiger charge is 2.16. The van der Waals surface area contributed by atoms with Crippen molar-refractivity contribution in [2.45, 2.75) is 6.42 Å². The van der Waals surface area contributed by atoms with Crippen LogP contribution >= 0.6 is 27.5 Å². The highest BCUT2D eigenvalue weighted by molar-refractivity contribution is 9.10. The largest absolute Gasteiger partial charge is 0.496 e. The van der Waals surface area contributed by atoms with Crippen LogP contribution in [-0.2, 0) is 6.42 Å². The summed E-state index contributed by atoms with van der Waals surface area (Å²) in [5.74, 6) is -0.251. The molecular weight excluding hydrogens is 347 g/mol. The van der Waals surface area contributed by atoms with Gasteiger partial charge in [-0.15, -0.1) is 0 Å². The summed E-state index contributed by atoms with van der Waals surface area (Å²) in [4.78, 5) is 12.2. The van der Waals surface area contributed by atoms with E-state index >= 15 is 0 Å². The van der Waals surface area contributed by atoms with E-state index in [2.05, 4.69) is 15.9 Å². The number of halogens is 3. The molecule has 20 heavy (non-hydrogen) atoms. The van der Waals surface area contributed by atoms with Crippen molar-refractivity contribution >= 4 is 33.3 Å². The van der Waals surface area contributed by atoms with Crippen LogP contribution in [0.2, 0.25) is 5.02 Å². The number of methoxy groups -OCH3 is 1. The second kappa shape index (κ2) is 6.37. The van der Waals surface area contributed by atoms with Crippen molar-refractivity contribution < 1.29 is 13.9 Å². The van der Waals surface area contributed by atoms with E-state index in [1.165, 1.54) is 25.3 Å². The van der Waals surface area contributed by atoms with Gasteiger partial charge in [0.15, 0.2) is 5.78 Å². The summed E-state index contributed by atoms with van der Waals surface area (Å²) in [6, 6.07) is 9.58. The topological polar surface area (TPSA) is 26.3 Å². The third-order valence-corrected chi connectivity index (χ3v) is 3.72. The highest BCUT2D eigenvalue weighted by Crippen LogP contribution is 2.26. The van der Waals surface area contributed by atoms with Gasteiger partial charge >= 0.3 is 0 Å². The lowest BCUT2D eigenvalue weighted by molar-refractivity contribution is 0.0992. The molecule has 0 N–H and O–H groups in total. The Hall–Kier alpha value is -1.39. The molecule has 2 rings (SSSR count). The van der Waals surface area contributed by atoms with Crippen molar-refractivity contribution in [2.24, 2.45) is 0 Å². The van der Waals surface area contributed by atoms with E-state index in [9.17, 15) is 9.18 Å². The van der Waals surface area contributed by atoms with E-state index in [1.54, 1.807) is 12.1 Å². The summed E-state index contributed by atoms with van der Waals surface area (Å²) in [7, 11) is 1.53. The predicted octanol–water partition coefficient (Wildman–Crippen LogP) is 4.68. The zero-order valence-electron chi connectivity index (χ0n) is 10.6. The fourth-order valence-corrected chi connectivity index (χ4v) is 2.51. The highest BCUT2D eigenvalue weighted by atomic mass is 79.9. The van der Waals surface area contributed by atoms with E-state index in [0.29, 0.717) is 11.3 Å². The van der Waals surface area contributed by atoms with Crippen molar-refractivity contribution in [1.82, 2.24) is 0 Å². The maximum absolute atomic E-state index is 13.4. The fraction of sp³-hybridized carbons (Fsp3) is 0.133. The van der Waals surface area contributed by atoms with Gasteiger partial charge in [-0.2, -0.15) is 0 Å². The first kappa shape index (κ1) is 15.0. The molecule has 0 aliphatic rings. The first-order valence-corrected chi connectivity index (χ1v) is 6.99. The van der Waals surface area contributed by atoms with Gasteiger partial charge in [0.25, 0.3) is 0 Å². The van der Waals surface area contributed by atoms with Crippen LogP contribution in [0.25, 0.3) is 0 Å². The van der Waals surface area contributed by atoms with Gasteiger partial charge in [0.05, 0.1) is 12.1 Å². The Kier molecular flexibility index (Phi) is 4.78. The standard InChI is InChI=1S/C15H11BrClFO2/c1-20-14-6-5-10(16)7-9(14)8-13(19)11-3-2-4-12(18)15(11)17/h2-7H,8H2,1H3. The average Bonchev–Trinajstić information content (AvgIpc) is 2.42. The summed E-state index contributed by atoms with van der Waals surface area (Å²) in [5, 5.41) is -0.147. The van der Waals surface area contributed by atoms with Gasteiger partial charge in [-0.25, -0.2) is 4.39 Å². The minimum Gasteiger partial charge on any atom is -0.496 e. The number of benzene rings is 2. The molecule has 2 aromatic carbocycles. The Labute approximate surface area is 129 Å². The van der Waals surface area contributed by atoms with Crippen LogP contribution in [-0.4, -0.2) is 12.9 Å². The summed E-state index contributed by atoms with van der Waals surface area (Å²) in [6.07, 6.45) is 0.0891.